The molecule has 28 heavy (non-hydrogen) atoms. The van der Waals surface area contributed by atoms with Crippen molar-refractivity contribution in [3.63, 3.8) is 0 Å². The third-order valence-electron chi connectivity index (χ3n) is 4.22. The van der Waals surface area contributed by atoms with Gasteiger partial charge in [-0.1, -0.05) is 25.1 Å². The van der Waals surface area contributed by atoms with E-state index in [9.17, 15) is 4.79 Å². The van der Waals surface area contributed by atoms with Gasteiger partial charge in [0.25, 0.3) is 5.91 Å². The Morgan fingerprint density at radius 1 is 1.00 bits per heavy atom. The SMILES string of the molecule is CCc1ccccc1Nc1ncc(C(=O)Nc2ccc(OC)cc2OC)cn1. The minimum absolute atomic E-state index is 0.330. The highest BCUT2D eigenvalue weighted by atomic mass is 16.5. The molecule has 1 aromatic heterocycles. The molecule has 0 aliphatic rings. The molecule has 7 nitrogen and oxygen atoms in total. The van der Waals surface area contributed by atoms with Gasteiger partial charge in [0.15, 0.2) is 0 Å². The average Bonchev–Trinajstić information content (AvgIpc) is 2.74. The summed E-state index contributed by atoms with van der Waals surface area (Å²) in [5.41, 5.74) is 2.99. The van der Waals surface area contributed by atoms with Gasteiger partial charge in [0.2, 0.25) is 5.95 Å². The van der Waals surface area contributed by atoms with E-state index in [0.29, 0.717) is 28.7 Å². The summed E-state index contributed by atoms with van der Waals surface area (Å²) in [6.45, 7) is 2.09. The summed E-state index contributed by atoms with van der Waals surface area (Å²) in [4.78, 5) is 21.0. The Labute approximate surface area is 163 Å². The first-order valence-electron chi connectivity index (χ1n) is 8.85. The normalized spacial score (nSPS) is 10.2. The number of rotatable bonds is 7. The third kappa shape index (κ3) is 4.37. The lowest BCUT2D eigenvalue weighted by Gasteiger charge is -2.12. The molecule has 144 valence electrons. The number of nitrogens with zero attached hydrogens (tertiary/aromatic N) is 2. The Hall–Kier alpha value is -3.61. The molecular weight excluding hydrogens is 356 g/mol. The van der Waals surface area contributed by atoms with Crippen LogP contribution in [0.15, 0.2) is 54.9 Å². The molecule has 0 spiro atoms. The smallest absolute Gasteiger partial charge is 0.258 e. The van der Waals surface area contributed by atoms with E-state index in [4.69, 9.17) is 9.47 Å². The van der Waals surface area contributed by atoms with Crippen molar-refractivity contribution in [3.8, 4) is 11.5 Å². The molecule has 3 aromatic rings. The van der Waals surface area contributed by atoms with Crippen LogP contribution in [0.2, 0.25) is 0 Å². The summed E-state index contributed by atoms with van der Waals surface area (Å²) in [6.07, 6.45) is 3.86. The van der Waals surface area contributed by atoms with E-state index in [1.54, 1.807) is 25.3 Å². The van der Waals surface area contributed by atoms with Crippen LogP contribution >= 0.6 is 0 Å². The Bertz CT molecular complexity index is 958. The van der Waals surface area contributed by atoms with Crippen molar-refractivity contribution >= 4 is 23.2 Å². The predicted molar refractivity (Wildman–Crippen MR) is 109 cm³/mol. The molecule has 0 saturated carbocycles. The van der Waals surface area contributed by atoms with E-state index in [2.05, 4.69) is 27.5 Å². The van der Waals surface area contributed by atoms with Crippen LogP contribution in [0.25, 0.3) is 0 Å². The summed E-state index contributed by atoms with van der Waals surface area (Å²) >= 11 is 0. The monoisotopic (exact) mass is 378 g/mol. The number of carbonyl (C=O) groups is 1. The topological polar surface area (TPSA) is 85.4 Å². The lowest BCUT2D eigenvalue weighted by Crippen LogP contribution is -2.14. The van der Waals surface area contributed by atoms with Crippen LogP contribution in [-0.2, 0) is 6.42 Å². The zero-order valence-corrected chi connectivity index (χ0v) is 16.0. The molecule has 3 rings (SSSR count). The molecule has 0 bridgehead atoms. The number of hydrogen-bond acceptors (Lipinski definition) is 6. The lowest BCUT2D eigenvalue weighted by atomic mass is 10.1. The van der Waals surface area contributed by atoms with Crippen LogP contribution in [0.1, 0.15) is 22.8 Å². The molecule has 0 aliphatic carbocycles. The number of carbonyl (C=O) groups excluding carboxylic acids is 1. The van der Waals surface area contributed by atoms with Crippen molar-refractivity contribution in [2.45, 2.75) is 13.3 Å². The quantitative estimate of drug-likeness (QED) is 0.645. The number of para-hydroxylation sites is 1. The van der Waals surface area contributed by atoms with Gasteiger partial charge in [-0.15, -0.1) is 0 Å². The highest BCUT2D eigenvalue weighted by Gasteiger charge is 2.12. The Kier molecular flexibility index (Phi) is 6.06. The minimum atomic E-state index is -0.330. The number of amides is 1. The van der Waals surface area contributed by atoms with E-state index in [1.165, 1.54) is 25.1 Å². The van der Waals surface area contributed by atoms with E-state index >= 15 is 0 Å². The molecule has 0 atom stereocenters. The van der Waals surface area contributed by atoms with Gasteiger partial charge < -0.3 is 20.1 Å². The van der Waals surface area contributed by atoms with Gasteiger partial charge in [-0.3, -0.25) is 4.79 Å². The van der Waals surface area contributed by atoms with Gasteiger partial charge in [0.05, 0.1) is 25.5 Å². The summed E-state index contributed by atoms with van der Waals surface area (Å²) in [7, 11) is 3.10. The number of ether oxygens (including phenoxy) is 2. The fourth-order valence-electron chi connectivity index (χ4n) is 2.68. The number of benzene rings is 2. The highest BCUT2D eigenvalue weighted by Crippen LogP contribution is 2.29. The van der Waals surface area contributed by atoms with Crippen molar-refractivity contribution in [2.24, 2.45) is 0 Å². The minimum Gasteiger partial charge on any atom is -0.497 e. The Morgan fingerprint density at radius 3 is 2.43 bits per heavy atom. The average molecular weight is 378 g/mol. The van der Waals surface area contributed by atoms with Crippen molar-refractivity contribution in [1.29, 1.82) is 0 Å². The molecule has 0 radical (unpaired) electrons. The van der Waals surface area contributed by atoms with Gasteiger partial charge in [-0.05, 0) is 30.2 Å². The maximum Gasteiger partial charge on any atom is 0.258 e. The molecule has 7 heteroatoms. The lowest BCUT2D eigenvalue weighted by molar-refractivity contribution is 0.102. The molecule has 0 aliphatic heterocycles. The van der Waals surface area contributed by atoms with Crippen LogP contribution in [0.3, 0.4) is 0 Å². The number of methoxy groups -OCH3 is 2. The van der Waals surface area contributed by atoms with E-state index in [0.717, 1.165) is 12.1 Å². The van der Waals surface area contributed by atoms with Crippen molar-refractivity contribution in [2.75, 3.05) is 24.9 Å². The van der Waals surface area contributed by atoms with Crippen LogP contribution in [0.4, 0.5) is 17.3 Å². The summed E-state index contributed by atoms with van der Waals surface area (Å²) in [6, 6.07) is 13.1. The second-order valence-corrected chi connectivity index (χ2v) is 5.95. The van der Waals surface area contributed by atoms with E-state index < -0.39 is 0 Å². The molecule has 0 saturated heterocycles. The van der Waals surface area contributed by atoms with Gasteiger partial charge in [0.1, 0.15) is 11.5 Å². The number of anilines is 3. The molecule has 0 unspecified atom stereocenters. The van der Waals surface area contributed by atoms with Crippen molar-refractivity contribution in [1.82, 2.24) is 9.97 Å². The fourth-order valence-corrected chi connectivity index (χ4v) is 2.68. The summed E-state index contributed by atoms with van der Waals surface area (Å²) in [5.74, 6) is 1.24. The van der Waals surface area contributed by atoms with Crippen LogP contribution in [0.5, 0.6) is 11.5 Å². The van der Waals surface area contributed by atoms with Gasteiger partial charge in [-0.2, -0.15) is 0 Å². The van der Waals surface area contributed by atoms with Gasteiger partial charge in [-0.25, -0.2) is 9.97 Å². The zero-order valence-electron chi connectivity index (χ0n) is 16.0. The largest absolute Gasteiger partial charge is 0.497 e. The molecule has 2 N–H and O–H groups in total. The maximum atomic E-state index is 12.5. The zero-order chi connectivity index (χ0) is 19.9. The van der Waals surface area contributed by atoms with E-state index in [1.807, 2.05) is 24.3 Å². The van der Waals surface area contributed by atoms with Crippen LogP contribution in [0, 0.1) is 0 Å². The van der Waals surface area contributed by atoms with Gasteiger partial charge in [0, 0.05) is 24.1 Å². The molecule has 1 heterocycles. The van der Waals surface area contributed by atoms with Crippen LogP contribution in [-0.4, -0.2) is 30.1 Å². The first-order chi connectivity index (χ1) is 13.6. The fraction of sp³-hybridized carbons (Fsp3) is 0.190. The van der Waals surface area contributed by atoms with E-state index in [-0.39, 0.29) is 5.91 Å². The van der Waals surface area contributed by atoms with Crippen molar-refractivity contribution < 1.29 is 14.3 Å². The Morgan fingerprint density at radius 2 is 1.75 bits per heavy atom. The summed E-state index contributed by atoms with van der Waals surface area (Å²) < 4.78 is 10.5. The Balaban J connectivity index is 1.72. The van der Waals surface area contributed by atoms with Crippen LogP contribution < -0.4 is 20.1 Å². The molecular formula is C21H22N4O3. The number of aryl methyl sites for hydroxylation is 1. The number of aromatic nitrogens is 2. The summed E-state index contributed by atoms with van der Waals surface area (Å²) in [5, 5.41) is 5.98. The molecule has 1 amide bonds. The first-order valence-corrected chi connectivity index (χ1v) is 8.85. The standard InChI is InChI=1S/C21H22N4O3/c1-4-14-7-5-6-8-17(14)25-21-22-12-15(13-23-21)20(26)24-18-10-9-16(27-2)11-19(18)28-3/h5-13H,4H2,1-3H3,(H,24,26)(H,22,23,25). The van der Waals surface area contributed by atoms with Crippen molar-refractivity contribution in [3.05, 3.63) is 66.0 Å². The number of hydrogen-bond donors (Lipinski definition) is 2. The molecule has 2 aromatic carbocycles. The third-order valence-corrected chi connectivity index (χ3v) is 4.22. The predicted octanol–water partition coefficient (Wildman–Crippen LogP) is 4.05. The highest BCUT2D eigenvalue weighted by molar-refractivity contribution is 6.04. The molecule has 0 fully saturated rings. The first kappa shape index (κ1) is 19.2. The second-order valence-electron chi connectivity index (χ2n) is 5.95. The maximum absolute atomic E-state index is 12.5. The van der Waals surface area contributed by atoms with Gasteiger partial charge >= 0.3 is 0 Å². The second kappa shape index (κ2) is 8.85. The number of nitrogens with one attached hydrogen (secondary N) is 2.